The molecule has 8 nitrogen and oxygen atoms in total. The van der Waals surface area contributed by atoms with E-state index in [0.29, 0.717) is 22.4 Å². The standard InChI is InChI=1S/C18H23NO7/c1-10-12-5-6-14(24-3)17(25-4)16(12)26-18(22)13(10)7-15(21)19-8-11(20)9-23-2/h5-6,11,20H,7-9H2,1-4H3,(H,19,21). The van der Waals surface area contributed by atoms with Crippen molar-refractivity contribution >= 4 is 16.9 Å². The molecular weight excluding hydrogens is 342 g/mol. The Balaban J connectivity index is 2.32. The third kappa shape index (κ3) is 4.14. The molecule has 0 radical (unpaired) electrons. The number of methoxy groups -OCH3 is 3. The van der Waals surface area contributed by atoms with Crippen LogP contribution in [0.5, 0.6) is 11.5 Å². The summed E-state index contributed by atoms with van der Waals surface area (Å²) in [7, 11) is 4.41. The molecule has 2 aromatic rings. The van der Waals surface area contributed by atoms with Crippen LogP contribution in [-0.2, 0) is 16.0 Å². The number of aliphatic hydroxyl groups excluding tert-OH is 1. The van der Waals surface area contributed by atoms with E-state index in [1.54, 1.807) is 19.1 Å². The SMILES string of the molecule is COCC(O)CNC(=O)Cc1c(C)c2ccc(OC)c(OC)c2oc1=O. The number of carbonyl (C=O) groups excluding carboxylic acids is 1. The van der Waals surface area contributed by atoms with Gasteiger partial charge in [-0.25, -0.2) is 4.79 Å². The molecule has 1 aromatic carbocycles. The minimum Gasteiger partial charge on any atom is -0.493 e. The lowest BCUT2D eigenvalue weighted by Gasteiger charge is -2.13. The van der Waals surface area contributed by atoms with Crippen LogP contribution in [0, 0.1) is 6.92 Å². The zero-order valence-corrected chi connectivity index (χ0v) is 15.3. The molecule has 0 aliphatic rings. The number of benzene rings is 1. The summed E-state index contributed by atoms with van der Waals surface area (Å²) in [6, 6.07) is 3.46. The molecular formula is C18H23NO7. The maximum Gasteiger partial charge on any atom is 0.340 e. The number of amides is 1. The molecule has 0 bridgehead atoms. The topological polar surface area (TPSA) is 107 Å². The van der Waals surface area contributed by atoms with E-state index >= 15 is 0 Å². The number of hydrogen-bond acceptors (Lipinski definition) is 7. The number of aliphatic hydroxyl groups is 1. The third-order valence-corrected chi connectivity index (χ3v) is 4.03. The van der Waals surface area contributed by atoms with Crippen LogP contribution in [0.25, 0.3) is 11.0 Å². The minimum absolute atomic E-state index is 0.0374. The zero-order valence-electron chi connectivity index (χ0n) is 15.3. The summed E-state index contributed by atoms with van der Waals surface area (Å²) in [5, 5.41) is 12.8. The molecule has 26 heavy (non-hydrogen) atoms. The van der Waals surface area contributed by atoms with Crippen molar-refractivity contribution < 1.29 is 28.5 Å². The van der Waals surface area contributed by atoms with Crippen LogP contribution >= 0.6 is 0 Å². The summed E-state index contributed by atoms with van der Waals surface area (Å²) < 4.78 is 20.7. The van der Waals surface area contributed by atoms with Crippen molar-refractivity contribution in [3.63, 3.8) is 0 Å². The highest BCUT2D eigenvalue weighted by Gasteiger charge is 2.19. The lowest BCUT2D eigenvalue weighted by atomic mass is 10.0. The average molecular weight is 365 g/mol. The quantitative estimate of drug-likeness (QED) is 0.666. The Bertz CT molecular complexity index is 844. The van der Waals surface area contributed by atoms with E-state index in [-0.39, 0.29) is 30.7 Å². The second kappa shape index (κ2) is 8.68. The van der Waals surface area contributed by atoms with Crippen molar-refractivity contribution in [3.05, 3.63) is 33.7 Å². The summed E-state index contributed by atoms with van der Waals surface area (Å²) in [6.07, 6.45) is -0.965. The molecule has 1 amide bonds. The first-order valence-electron chi connectivity index (χ1n) is 8.03. The summed E-state index contributed by atoms with van der Waals surface area (Å²) in [4.78, 5) is 24.5. The molecule has 1 unspecified atom stereocenters. The van der Waals surface area contributed by atoms with E-state index < -0.39 is 17.6 Å². The largest absolute Gasteiger partial charge is 0.493 e. The second-order valence-electron chi connectivity index (χ2n) is 5.76. The molecule has 0 aliphatic carbocycles. The molecule has 142 valence electrons. The molecule has 2 rings (SSSR count). The van der Waals surface area contributed by atoms with Gasteiger partial charge in [0.05, 0.1) is 38.9 Å². The predicted molar refractivity (Wildman–Crippen MR) is 94.9 cm³/mol. The van der Waals surface area contributed by atoms with Gasteiger partial charge < -0.3 is 29.1 Å². The van der Waals surface area contributed by atoms with Gasteiger partial charge in [0.2, 0.25) is 11.7 Å². The van der Waals surface area contributed by atoms with E-state index in [2.05, 4.69) is 5.32 Å². The molecule has 2 N–H and O–H groups in total. The van der Waals surface area contributed by atoms with Gasteiger partial charge in [0.1, 0.15) is 0 Å². The molecule has 1 aromatic heterocycles. The molecule has 0 aliphatic heterocycles. The van der Waals surface area contributed by atoms with Crippen molar-refractivity contribution in [1.29, 1.82) is 0 Å². The Hall–Kier alpha value is -2.58. The van der Waals surface area contributed by atoms with E-state index in [1.807, 2.05) is 0 Å². The van der Waals surface area contributed by atoms with Crippen LogP contribution in [-0.4, -0.2) is 51.6 Å². The van der Waals surface area contributed by atoms with Gasteiger partial charge in [-0.1, -0.05) is 0 Å². The van der Waals surface area contributed by atoms with E-state index in [1.165, 1.54) is 21.3 Å². The van der Waals surface area contributed by atoms with E-state index in [4.69, 9.17) is 18.6 Å². The fourth-order valence-corrected chi connectivity index (χ4v) is 2.68. The highest BCUT2D eigenvalue weighted by atomic mass is 16.5. The van der Waals surface area contributed by atoms with Crippen molar-refractivity contribution in [2.24, 2.45) is 0 Å². The third-order valence-electron chi connectivity index (χ3n) is 4.03. The maximum atomic E-state index is 12.4. The van der Waals surface area contributed by atoms with Crippen molar-refractivity contribution in [2.75, 3.05) is 34.5 Å². The Morgan fingerprint density at radius 3 is 2.62 bits per heavy atom. The van der Waals surface area contributed by atoms with Crippen molar-refractivity contribution in [3.8, 4) is 11.5 Å². The lowest BCUT2D eigenvalue weighted by Crippen LogP contribution is -2.36. The number of carbonyl (C=O) groups is 1. The van der Waals surface area contributed by atoms with Gasteiger partial charge >= 0.3 is 5.63 Å². The normalized spacial score (nSPS) is 12.0. The number of nitrogens with one attached hydrogen (secondary N) is 1. The minimum atomic E-state index is -0.810. The molecule has 0 saturated heterocycles. The van der Waals surface area contributed by atoms with Gasteiger partial charge in [-0.2, -0.15) is 0 Å². The van der Waals surface area contributed by atoms with Gasteiger partial charge in [-0.05, 0) is 24.6 Å². The highest BCUT2D eigenvalue weighted by molar-refractivity contribution is 5.89. The lowest BCUT2D eigenvalue weighted by molar-refractivity contribution is -0.121. The van der Waals surface area contributed by atoms with Gasteiger partial charge in [0.15, 0.2) is 11.3 Å². The first-order valence-corrected chi connectivity index (χ1v) is 8.03. The summed E-state index contributed by atoms with van der Waals surface area (Å²) in [6.45, 7) is 1.89. The predicted octanol–water partition coefficient (Wildman–Crippen LogP) is 0.785. The van der Waals surface area contributed by atoms with Gasteiger partial charge in [0, 0.05) is 19.0 Å². The highest BCUT2D eigenvalue weighted by Crippen LogP contribution is 2.36. The number of hydrogen-bond donors (Lipinski definition) is 2. The van der Waals surface area contributed by atoms with Crippen LogP contribution in [0.4, 0.5) is 0 Å². The van der Waals surface area contributed by atoms with Gasteiger partial charge in [0.25, 0.3) is 0 Å². The maximum absolute atomic E-state index is 12.4. The second-order valence-corrected chi connectivity index (χ2v) is 5.76. The summed E-state index contributed by atoms with van der Waals surface area (Å²) in [5.41, 5.74) is 0.538. The Morgan fingerprint density at radius 1 is 1.27 bits per heavy atom. The molecule has 0 fully saturated rings. The van der Waals surface area contributed by atoms with E-state index in [0.717, 1.165) is 0 Å². The Morgan fingerprint density at radius 2 is 2.00 bits per heavy atom. The average Bonchev–Trinajstić information content (AvgIpc) is 2.62. The number of fused-ring (bicyclic) bond motifs is 1. The molecule has 0 spiro atoms. The first kappa shape index (κ1) is 19.7. The van der Waals surface area contributed by atoms with Gasteiger partial charge in [-0.3, -0.25) is 4.79 Å². The Kier molecular flexibility index (Phi) is 6.59. The van der Waals surface area contributed by atoms with Crippen LogP contribution < -0.4 is 20.4 Å². The number of aryl methyl sites for hydroxylation is 1. The van der Waals surface area contributed by atoms with Crippen LogP contribution in [0.15, 0.2) is 21.3 Å². The summed E-state index contributed by atoms with van der Waals surface area (Å²) in [5.74, 6) is 0.374. The smallest absolute Gasteiger partial charge is 0.340 e. The molecule has 1 heterocycles. The number of rotatable bonds is 8. The molecule has 8 heteroatoms. The van der Waals surface area contributed by atoms with Crippen molar-refractivity contribution in [1.82, 2.24) is 5.32 Å². The zero-order chi connectivity index (χ0) is 19.3. The fourth-order valence-electron chi connectivity index (χ4n) is 2.68. The van der Waals surface area contributed by atoms with Crippen molar-refractivity contribution in [2.45, 2.75) is 19.4 Å². The van der Waals surface area contributed by atoms with Crippen LogP contribution in [0.2, 0.25) is 0 Å². The van der Waals surface area contributed by atoms with E-state index in [9.17, 15) is 14.7 Å². The monoisotopic (exact) mass is 365 g/mol. The molecule has 0 saturated carbocycles. The molecule has 1 atom stereocenters. The Labute approximate surface area is 150 Å². The fraction of sp³-hybridized carbons (Fsp3) is 0.444. The van der Waals surface area contributed by atoms with Crippen LogP contribution in [0.3, 0.4) is 0 Å². The van der Waals surface area contributed by atoms with Gasteiger partial charge in [-0.15, -0.1) is 0 Å². The van der Waals surface area contributed by atoms with Crippen LogP contribution in [0.1, 0.15) is 11.1 Å². The first-order chi connectivity index (χ1) is 12.4. The number of ether oxygens (including phenoxy) is 3. The summed E-state index contributed by atoms with van der Waals surface area (Å²) >= 11 is 0.